The molecule has 0 aromatic heterocycles. The molecule has 26 heavy (non-hydrogen) atoms. The number of aliphatic imine (C=N–C) groups is 1. The van der Waals surface area contributed by atoms with Gasteiger partial charge in [-0.05, 0) is 30.3 Å². The third-order valence-corrected chi connectivity index (χ3v) is 5.49. The Hall–Kier alpha value is -2.02. The number of hydrogen-bond donors (Lipinski definition) is 1. The molecule has 0 bridgehead atoms. The highest BCUT2D eigenvalue weighted by Crippen LogP contribution is 2.31. The molecule has 8 heteroatoms. The number of benzene rings is 2. The summed E-state index contributed by atoms with van der Waals surface area (Å²) in [4.78, 5) is 30.7. The number of halogens is 2. The Morgan fingerprint density at radius 3 is 2.69 bits per heavy atom. The lowest BCUT2D eigenvalue weighted by Gasteiger charge is -2.10. The van der Waals surface area contributed by atoms with Crippen molar-refractivity contribution in [3.63, 3.8) is 0 Å². The average molecular weight is 408 g/mol. The van der Waals surface area contributed by atoms with E-state index in [9.17, 15) is 9.59 Å². The van der Waals surface area contributed by atoms with Gasteiger partial charge in [0.05, 0.1) is 16.4 Å². The first-order valence-corrected chi connectivity index (χ1v) is 9.40. The third-order valence-electron chi connectivity index (χ3n) is 3.69. The van der Waals surface area contributed by atoms with Gasteiger partial charge in [0.2, 0.25) is 11.8 Å². The molecule has 2 amide bonds. The van der Waals surface area contributed by atoms with Crippen molar-refractivity contribution in [1.29, 1.82) is 0 Å². The lowest BCUT2D eigenvalue weighted by atomic mass is 10.2. The fourth-order valence-corrected chi connectivity index (χ4v) is 3.86. The van der Waals surface area contributed by atoms with Crippen molar-refractivity contribution in [1.82, 2.24) is 4.90 Å². The average Bonchev–Trinajstić information content (AvgIpc) is 2.87. The minimum absolute atomic E-state index is 0.0183. The molecule has 1 fully saturated rings. The van der Waals surface area contributed by atoms with Crippen LogP contribution in [-0.2, 0) is 9.59 Å². The van der Waals surface area contributed by atoms with E-state index in [0.29, 0.717) is 20.9 Å². The standard InChI is InChI=1S/C18H15Cl2N3O2S/c1-23-17(25)15(26-18(23)21-12-5-3-2-4-6-12)10-16(24)22-14-9-11(19)7-8-13(14)20/h2-9,15H,10H2,1H3,(H,22,24)/t15-/m1/s1. The van der Waals surface area contributed by atoms with Gasteiger partial charge in [0.25, 0.3) is 0 Å². The van der Waals surface area contributed by atoms with Crippen LogP contribution in [0.25, 0.3) is 0 Å². The van der Waals surface area contributed by atoms with Gasteiger partial charge in [0.1, 0.15) is 5.25 Å². The lowest BCUT2D eigenvalue weighted by molar-refractivity contribution is -0.127. The summed E-state index contributed by atoms with van der Waals surface area (Å²) in [7, 11) is 1.66. The Balaban J connectivity index is 1.68. The van der Waals surface area contributed by atoms with Crippen molar-refractivity contribution in [2.24, 2.45) is 4.99 Å². The SMILES string of the molecule is CN1C(=O)[C@@H](CC(=O)Nc2cc(Cl)ccc2Cl)SC1=Nc1ccccc1. The number of para-hydroxylation sites is 1. The Kier molecular flexibility index (Phi) is 5.86. The minimum atomic E-state index is -0.527. The number of amidine groups is 1. The normalized spacial score (nSPS) is 18.4. The molecule has 1 heterocycles. The number of rotatable bonds is 4. The number of nitrogens with one attached hydrogen (secondary N) is 1. The van der Waals surface area contributed by atoms with Crippen LogP contribution in [0.4, 0.5) is 11.4 Å². The van der Waals surface area contributed by atoms with Crippen LogP contribution >= 0.6 is 35.0 Å². The number of amides is 2. The van der Waals surface area contributed by atoms with Crippen molar-refractivity contribution in [2.75, 3.05) is 12.4 Å². The van der Waals surface area contributed by atoms with E-state index in [0.717, 1.165) is 5.69 Å². The number of carbonyl (C=O) groups is 2. The molecule has 0 aliphatic carbocycles. The predicted molar refractivity (Wildman–Crippen MR) is 107 cm³/mol. The maximum atomic E-state index is 12.4. The molecule has 3 rings (SSSR count). The highest BCUT2D eigenvalue weighted by atomic mass is 35.5. The minimum Gasteiger partial charge on any atom is -0.325 e. The van der Waals surface area contributed by atoms with Gasteiger partial charge in [0.15, 0.2) is 5.17 Å². The molecule has 5 nitrogen and oxygen atoms in total. The summed E-state index contributed by atoms with van der Waals surface area (Å²) in [6.07, 6.45) is 0.0183. The molecule has 0 saturated carbocycles. The summed E-state index contributed by atoms with van der Waals surface area (Å²) < 4.78 is 0. The van der Waals surface area contributed by atoms with E-state index in [4.69, 9.17) is 23.2 Å². The van der Waals surface area contributed by atoms with Gasteiger partial charge in [0, 0.05) is 18.5 Å². The monoisotopic (exact) mass is 407 g/mol. The van der Waals surface area contributed by atoms with E-state index in [1.54, 1.807) is 25.2 Å². The van der Waals surface area contributed by atoms with Gasteiger partial charge in [-0.25, -0.2) is 4.99 Å². The molecule has 0 unspecified atom stereocenters. The molecular formula is C18H15Cl2N3O2S. The van der Waals surface area contributed by atoms with Crippen molar-refractivity contribution in [3.05, 3.63) is 58.6 Å². The van der Waals surface area contributed by atoms with Gasteiger partial charge in [-0.2, -0.15) is 0 Å². The van der Waals surface area contributed by atoms with E-state index < -0.39 is 5.25 Å². The highest BCUT2D eigenvalue weighted by molar-refractivity contribution is 8.15. The van der Waals surface area contributed by atoms with Gasteiger partial charge in [-0.15, -0.1) is 0 Å². The van der Waals surface area contributed by atoms with Gasteiger partial charge in [-0.3, -0.25) is 14.5 Å². The van der Waals surface area contributed by atoms with E-state index in [1.165, 1.54) is 16.7 Å². The summed E-state index contributed by atoms with van der Waals surface area (Å²) in [6.45, 7) is 0. The van der Waals surface area contributed by atoms with Crippen molar-refractivity contribution in [2.45, 2.75) is 11.7 Å². The zero-order valence-electron chi connectivity index (χ0n) is 13.8. The lowest BCUT2D eigenvalue weighted by Crippen LogP contribution is -2.30. The number of thioether (sulfide) groups is 1. The number of carbonyl (C=O) groups excluding carboxylic acids is 2. The Morgan fingerprint density at radius 2 is 1.96 bits per heavy atom. The fraction of sp³-hybridized carbons (Fsp3) is 0.167. The number of hydrogen-bond acceptors (Lipinski definition) is 4. The third kappa shape index (κ3) is 4.38. The second-order valence-corrected chi connectivity index (χ2v) is 7.62. The zero-order chi connectivity index (χ0) is 18.7. The molecule has 1 aliphatic heterocycles. The van der Waals surface area contributed by atoms with Crippen molar-refractivity contribution < 1.29 is 9.59 Å². The largest absolute Gasteiger partial charge is 0.325 e. The molecule has 1 atom stereocenters. The maximum absolute atomic E-state index is 12.4. The fourth-order valence-electron chi connectivity index (χ4n) is 2.37. The molecule has 1 N–H and O–H groups in total. The predicted octanol–water partition coefficient (Wildman–Crippen LogP) is 4.58. The summed E-state index contributed by atoms with van der Waals surface area (Å²) in [5, 5.41) is 3.59. The van der Waals surface area contributed by atoms with E-state index in [-0.39, 0.29) is 18.2 Å². The Bertz CT molecular complexity index is 874. The molecule has 0 radical (unpaired) electrons. The van der Waals surface area contributed by atoms with Crippen LogP contribution in [-0.4, -0.2) is 34.2 Å². The zero-order valence-corrected chi connectivity index (χ0v) is 16.1. The second-order valence-electron chi connectivity index (χ2n) is 5.61. The molecule has 0 spiro atoms. The van der Waals surface area contributed by atoms with E-state index in [2.05, 4.69) is 10.3 Å². The van der Waals surface area contributed by atoms with Crippen LogP contribution in [0, 0.1) is 0 Å². The highest BCUT2D eigenvalue weighted by Gasteiger charge is 2.37. The second kappa shape index (κ2) is 8.12. The van der Waals surface area contributed by atoms with Gasteiger partial charge >= 0.3 is 0 Å². The van der Waals surface area contributed by atoms with Crippen molar-refractivity contribution >= 4 is 63.3 Å². The summed E-state index contributed by atoms with van der Waals surface area (Å²) in [6, 6.07) is 14.2. The van der Waals surface area contributed by atoms with Crippen LogP contribution in [0.3, 0.4) is 0 Å². The first-order chi connectivity index (χ1) is 12.4. The number of nitrogens with zero attached hydrogens (tertiary/aromatic N) is 2. The quantitative estimate of drug-likeness (QED) is 0.806. The summed E-state index contributed by atoms with van der Waals surface area (Å²) in [5.74, 6) is -0.466. The molecule has 1 aliphatic rings. The summed E-state index contributed by atoms with van der Waals surface area (Å²) in [5.41, 5.74) is 1.18. The van der Waals surface area contributed by atoms with E-state index in [1.807, 2.05) is 30.3 Å². The van der Waals surface area contributed by atoms with Crippen molar-refractivity contribution in [3.8, 4) is 0 Å². The number of anilines is 1. The van der Waals surface area contributed by atoms with Crippen LogP contribution in [0.2, 0.25) is 10.0 Å². The van der Waals surface area contributed by atoms with E-state index >= 15 is 0 Å². The summed E-state index contributed by atoms with van der Waals surface area (Å²) >= 11 is 13.2. The van der Waals surface area contributed by atoms with Crippen LogP contribution in [0.15, 0.2) is 53.5 Å². The first kappa shape index (κ1) is 18.8. The Labute approximate surface area is 165 Å². The topological polar surface area (TPSA) is 61.8 Å². The van der Waals surface area contributed by atoms with Crippen LogP contribution < -0.4 is 5.32 Å². The molecule has 134 valence electrons. The van der Waals surface area contributed by atoms with Crippen LogP contribution in [0.5, 0.6) is 0 Å². The smallest absolute Gasteiger partial charge is 0.242 e. The van der Waals surface area contributed by atoms with Gasteiger partial charge < -0.3 is 5.32 Å². The molecule has 2 aromatic rings. The van der Waals surface area contributed by atoms with Gasteiger partial charge in [-0.1, -0.05) is 53.2 Å². The molecule has 2 aromatic carbocycles. The molecule has 1 saturated heterocycles. The first-order valence-electron chi connectivity index (χ1n) is 7.77. The molecular weight excluding hydrogens is 393 g/mol. The van der Waals surface area contributed by atoms with Crippen LogP contribution in [0.1, 0.15) is 6.42 Å². The Morgan fingerprint density at radius 1 is 1.23 bits per heavy atom. The maximum Gasteiger partial charge on any atom is 0.242 e.